The molecule has 0 aliphatic heterocycles. The van der Waals surface area contributed by atoms with E-state index in [1.807, 2.05) is 43.4 Å². The molecule has 2 heterocycles. The summed E-state index contributed by atoms with van der Waals surface area (Å²) < 4.78 is 5.18. The molecule has 0 saturated carbocycles. The van der Waals surface area contributed by atoms with Gasteiger partial charge in [0.15, 0.2) is 0 Å². The lowest BCUT2D eigenvalue weighted by Crippen LogP contribution is -2.10. The number of benzene rings is 9. The van der Waals surface area contributed by atoms with Gasteiger partial charge in [-0.1, -0.05) is 147 Å². The number of nitrogens with zero attached hydrogens (tertiary/aromatic N) is 2. The molecule has 2 nitrogen and oxygen atoms in total. The van der Waals surface area contributed by atoms with Crippen molar-refractivity contribution in [3.8, 4) is 0 Å². The molecule has 11 aromatic rings. The van der Waals surface area contributed by atoms with Crippen molar-refractivity contribution in [3.63, 3.8) is 0 Å². The van der Waals surface area contributed by atoms with Gasteiger partial charge in [-0.25, -0.2) is 0 Å². The van der Waals surface area contributed by atoms with E-state index in [-0.39, 0.29) is 0 Å². The first-order valence-corrected chi connectivity index (χ1v) is 23.3. The lowest BCUT2D eigenvalue weighted by atomic mass is 10.0. The van der Waals surface area contributed by atoms with E-state index in [0.29, 0.717) is 0 Å². The highest BCUT2D eigenvalue weighted by Crippen LogP contribution is 2.48. The normalized spacial score (nSPS) is 10.7. The van der Waals surface area contributed by atoms with Crippen LogP contribution < -0.4 is 9.80 Å². The number of para-hydroxylation sites is 3. The first-order valence-electron chi connectivity index (χ1n) is 21.7. The summed E-state index contributed by atoms with van der Waals surface area (Å²) in [7, 11) is 0. The Hall–Kier alpha value is -6.98. The smallest absolute Gasteiger partial charge is 0.0554 e. The van der Waals surface area contributed by atoms with Gasteiger partial charge in [-0.3, -0.25) is 0 Å². The Labute approximate surface area is 380 Å². The van der Waals surface area contributed by atoms with Crippen LogP contribution in [0.2, 0.25) is 0 Å². The van der Waals surface area contributed by atoms with Crippen molar-refractivity contribution in [2.24, 2.45) is 0 Å². The number of hydrogen-bond donors (Lipinski definition) is 0. The largest absolute Gasteiger partial charge is 0.310 e. The van der Waals surface area contributed by atoms with E-state index in [1.54, 1.807) is 6.08 Å². The Bertz CT molecular complexity index is 3200. The van der Waals surface area contributed by atoms with Gasteiger partial charge in [-0.05, 0) is 116 Å². The average Bonchev–Trinajstić information content (AvgIpc) is 3.90. The van der Waals surface area contributed by atoms with Crippen molar-refractivity contribution in [3.05, 3.63) is 230 Å². The van der Waals surface area contributed by atoms with Gasteiger partial charge in [0.1, 0.15) is 0 Å². The Morgan fingerprint density at radius 2 is 0.810 bits per heavy atom. The van der Waals surface area contributed by atoms with Crippen LogP contribution in [0.1, 0.15) is 31.9 Å². The molecule has 0 atom stereocenters. The van der Waals surface area contributed by atoms with Crippen LogP contribution in [0.4, 0.5) is 34.1 Å². The first kappa shape index (κ1) is 42.7. The monoisotopic (exact) mass is 852 g/mol. The van der Waals surface area contributed by atoms with Gasteiger partial charge in [0.2, 0.25) is 0 Å². The van der Waals surface area contributed by atoms with Crippen molar-refractivity contribution in [1.29, 1.82) is 0 Å². The van der Waals surface area contributed by atoms with Crippen molar-refractivity contribution in [1.82, 2.24) is 0 Å². The van der Waals surface area contributed by atoms with E-state index in [0.717, 1.165) is 28.4 Å². The highest BCUT2D eigenvalue weighted by atomic mass is 32.1. The number of anilines is 6. The molecular weight excluding hydrogens is 801 g/mol. The van der Waals surface area contributed by atoms with Crippen molar-refractivity contribution >= 4 is 108 Å². The van der Waals surface area contributed by atoms with Crippen LogP contribution in [-0.2, 0) is 0 Å². The molecule has 0 aliphatic rings. The maximum Gasteiger partial charge on any atom is 0.0554 e. The minimum Gasteiger partial charge on any atom is -0.310 e. The van der Waals surface area contributed by atoms with Crippen LogP contribution in [0, 0.1) is 13.8 Å². The molecule has 0 bridgehead atoms. The number of thiophene rings is 2. The third-order valence-electron chi connectivity index (χ3n) is 11.0. The third kappa shape index (κ3) is 8.87. The first-order chi connectivity index (χ1) is 31.0. The molecule has 0 radical (unpaired) electrons. The molecule has 4 heteroatoms. The number of fused-ring (bicyclic) bond motifs is 8. The number of allylic oxidation sites excluding steroid dienone is 1. The quantitative estimate of drug-likeness (QED) is 0.154. The van der Waals surface area contributed by atoms with Crippen molar-refractivity contribution < 1.29 is 0 Å². The second-order valence-electron chi connectivity index (χ2n) is 15.0. The topological polar surface area (TPSA) is 6.48 Å². The van der Waals surface area contributed by atoms with Gasteiger partial charge < -0.3 is 9.80 Å². The van der Waals surface area contributed by atoms with Crippen LogP contribution in [-0.4, -0.2) is 0 Å². The zero-order valence-corrected chi connectivity index (χ0v) is 38.3. The lowest BCUT2D eigenvalue weighted by molar-refractivity contribution is 1.29. The zero-order chi connectivity index (χ0) is 43.7. The molecule has 9 aromatic carbocycles. The van der Waals surface area contributed by atoms with E-state index >= 15 is 0 Å². The Kier molecular flexibility index (Phi) is 13.4. The summed E-state index contributed by atoms with van der Waals surface area (Å²) in [5.41, 5.74) is 9.64. The van der Waals surface area contributed by atoms with Crippen LogP contribution in [0.25, 0.3) is 51.1 Å². The summed E-state index contributed by atoms with van der Waals surface area (Å²) in [4.78, 5) is 4.78. The SMILES string of the molecule is C=CC.CC.Cc1ccccc1C.c1ccc(N(c2ccccc2)c2ccc3sc4cc(N(c5ccccc5)c5cc6sc7ccccc7c6c6ccccc56)ccc4c3c2)cc1. The maximum atomic E-state index is 3.36. The lowest BCUT2D eigenvalue weighted by Gasteiger charge is -2.27. The van der Waals surface area contributed by atoms with Gasteiger partial charge in [-0.15, -0.1) is 29.3 Å². The van der Waals surface area contributed by atoms with Crippen LogP contribution >= 0.6 is 22.7 Å². The molecule has 63 heavy (non-hydrogen) atoms. The highest BCUT2D eigenvalue weighted by Gasteiger charge is 2.21. The number of hydrogen-bond acceptors (Lipinski definition) is 4. The molecule has 0 spiro atoms. The van der Waals surface area contributed by atoms with Crippen LogP contribution in [0.15, 0.2) is 219 Å². The maximum absolute atomic E-state index is 3.36. The van der Waals surface area contributed by atoms with E-state index in [2.05, 4.69) is 236 Å². The van der Waals surface area contributed by atoms with Gasteiger partial charge in [0, 0.05) is 74.2 Å². The molecule has 0 N–H and O–H groups in total. The summed E-state index contributed by atoms with van der Waals surface area (Å²) in [6.45, 7) is 13.5. The second kappa shape index (κ2) is 19.8. The molecule has 2 aromatic heterocycles. The van der Waals surface area contributed by atoms with Crippen molar-refractivity contribution in [2.75, 3.05) is 9.80 Å². The summed E-state index contributed by atoms with van der Waals surface area (Å²) >= 11 is 3.74. The van der Waals surface area contributed by atoms with E-state index in [1.165, 1.54) is 67.9 Å². The molecule has 0 unspecified atom stereocenters. The zero-order valence-electron chi connectivity index (χ0n) is 36.6. The van der Waals surface area contributed by atoms with Gasteiger partial charge in [-0.2, -0.15) is 0 Å². The summed E-state index contributed by atoms with van der Waals surface area (Å²) in [5.74, 6) is 0. The van der Waals surface area contributed by atoms with E-state index in [9.17, 15) is 0 Å². The highest BCUT2D eigenvalue weighted by molar-refractivity contribution is 7.26. The average molecular weight is 853 g/mol. The second-order valence-corrected chi connectivity index (χ2v) is 17.2. The Morgan fingerprint density at radius 1 is 0.365 bits per heavy atom. The predicted octanol–water partition coefficient (Wildman–Crippen LogP) is 19.0. The van der Waals surface area contributed by atoms with Crippen LogP contribution in [0.3, 0.4) is 0 Å². The number of aryl methyl sites for hydroxylation is 2. The third-order valence-corrected chi connectivity index (χ3v) is 13.3. The fourth-order valence-corrected chi connectivity index (χ4v) is 10.3. The standard InChI is InChI=1S/C46H30N2S2.C8H10.C3H6.C2H6/c1-4-14-31(15-5-1)47(32-16-6-2-7-17-32)34-25-27-43-40(28-34)37-26-24-35(29-44(37)49-43)48(33-18-8-3-9-19-33)41-30-45-46(38-21-11-10-20-36(38)41)39-22-12-13-23-42(39)50-45;1-7-5-3-4-6-8(7)2;1-3-2;1-2/h1-30H;3-6H,1-2H3;3H,1H2,2H3;1-2H3. The number of rotatable bonds is 6. The molecule has 0 fully saturated rings. The van der Waals surface area contributed by atoms with E-state index in [4.69, 9.17) is 0 Å². The van der Waals surface area contributed by atoms with Crippen LogP contribution in [0.5, 0.6) is 0 Å². The molecule has 310 valence electrons. The Balaban J connectivity index is 0.000000368. The fourth-order valence-electron chi connectivity index (χ4n) is 8.06. The molecule has 0 saturated heterocycles. The Morgan fingerprint density at radius 3 is 1.40 bits per heavy atom. The minimum atomic E-state index is 1.14. The summed E-state index contributed by atoms with van der Waals surface area (Å²) in [6, 6.07) is 74.3. The molecule has 0 aliphatic carbocycles. The van der Waals surface area contributed by atoms with Crippen molar-refractivity contribution in [2.45, 2.75) is 34.6 Å². The minimum absolute atomic E-state index is 1.14. The molecular formula is C59H52N2S2. The van der Waals surface area contributed by atoms with Gasteiger partial charge in [0.05, 0.1) is 5.69 Å². The summed E-state index contributed by atoms with van der Waals surface area (Å²) in [5, 5.41) is 7.74. The van der Waals surface area contributed by atoms with E-state index < -0.39 is 0 Å². The predicted molar refractivity (Wildman–Crippen MR) is 282 cm³/mol. The summed E-state index contributed by atoms with van der Waals surface area (Å²) in [6.07, 6.45) is 1.75. The van der Waals surface area contributed by atoms with Gasteiger partial charge in [0.25, 0.3) is 0 Å². The molecule has 11 rings (SSSR count). The van der Waals surface area contributed by atoms with Gasteiger partial charge >= 0.3 is 0 Å². The molecule has 0 amide bonds. The fraction of sp³-hybridized carbons (Fsp3) is 0.0847.